The topological polar surface area (TPSA) is 96.3 Å². The number of hydrogen-bond donors (Lipinski definition) is 1. The fraction of sp³-hybridized carbons (Fsp3) is 0.276. The highest BCUT2D eigenvalue weighted by Crippen LogP contribution is 2.45. The van der Waals surface area contributed by atoms with E-state index in [9.17, 15) is 14.7 Å². The number of aliphatic hydroxyl groups is 1. The summed E-state index contributed by atoms with van der Waals surface area (Å²) < 4.78 is 0.637. The van der Waals surface area contributed by atoms with Gasteiger partial charge in [0.2, 0.25) is 10.9 Å². The number of carbonyl (C=O) groups is 2. The molecule has 5 rings (SSSR count). The Kier molecular flexibility index (Phi) is 7.89. The van der Waals surface area contributed by atoms with E-state index in [2.05, 4.69) is 36.0 Å². The van der Waals surface area contributed by atoms with Crippen LogP contribution in [0.3, 0.4) is 0 Å². The van der Waals surface area contributed by atoms with E-state index in [0.717, 1.165) is 16.1 Å². The molecule has 11 heteroatoms. The van der Waals surface area contributed by atoms with E-state index in [1.54, 1.807) is 6.92 Å². The van der Waals surface area contributed by atoms with Gasteiger partial charge in [0.1, 0.15) is 0 Å². The Labute approximate surface area is 249 Å². The molecule has 1 aliphatic heterocycles. The van der Waals surface area contributed by atoms with E-state index in [1.807, 2.05) is 55.5 Å². The Balaban J connectivity index is 1.53. The van der Waals surface area contributed by atoms with Crippen molar-refractivity contribution in [2.75, 3.05) is 4.90 Å². The Morgan fingerprint density at radius 3 is 2.40 bits per heavy atom. The number of hydrogen-bond acceptors (Lipinski definition) is 9. The molecular formula is C29H27ClN4O3S3. The smallest absolute Gasteiger partial charge is 0.296 e. The van der Waals surface area contributed by atoms with Gasteiger partial charge >= 0.3 is 0 Å². The summed E-state index contributed by atoms with van der Waals surface area (Å²) in [6.07, 6.45) is 0. The van der Waals surface area contributed by atoms with E-state index in [1.165, 1.54) is 39.3 Å². The SMILES string of the molecule is Cc1nc(C)c(C(=O)C2=C(O)C(=O)N(c3nnc(SCc4ccccc4Cl)s3)C2c2ccc(C(C)(C)C)cc2)s1. The lowest BCUT2D eigenvalue weighted by atomic mass is 9.85. The van der Waals surface area contributed by atoms with Crippen LogP contribution in [-0.4, -0.2) is 32.0 Å². The number of aliphatic hydroxyl groups excluding tert-OH is 1. The van der Waals surface area contributed by atoms with Crippen LogP contribution in [0.4, 0.5) is 5.13 Å². The molecule has 3 heterocycles. The molecule has 1 amide bonds. The van der Waals surface area contributed by atoms with Crippen LogP contribution >= 0.6 is 46.0 Å². The second-order valence-electron chi connectivity index (χ2n) is 10.4. The second-order valence-corrected chi connectivity index (χ2v) is 14.2. The van der Waals surface area contributed by atoms with Crippen LogP contribution in [0.2, 0.25) is 5.02 Å². The zero-order chi connectivity index (χ0) is 28.8. The Morgan fingerprint density at radius 1 is 1.07 bits per heavy atom. The van der Waals surface area contributed by atoms with Gasteiger partial charge < -0.3 is 5.11 Å². The fourth-order valence-electron chi connectivity index (χ4n) is 4.49. The summed E-state index contributed by atoms with van der Waals surface area (Å²) in [6.45, 7) is 9.92. The van der Waals surface area contributed by atoms with Crippen LogP contribution in [0.15, 0.2) is 64.2 Å². The van der Waals surface area contributed by atoms with Gasteiger partial charge in [-0.05, 0) is 42.0 Å². The quantitative estimate of drug-likeness (QED) is 0.130. The molecule has 2 aromatic carbocycles. The summed E-state index contributed by atoms with van der Waals surface area (Å²) in [7, 11) is 0. The highest BCUT2D eigenvalue weighted by atomic mass is 35.5. The van der Waals surface area contributed by atoms with Crippen molar-refractivity contribution >= 4 is 62.9 Å². The van der Waals surface area contributed by atoms with E-state index >= 15 is 0 Å². The van der Waals surface area contributed by atoms with Gasteiger partial charge in [-0.25, -0.2) is 4.98 Å². The summed E-state index contributed by atoms with van der Waals surface area (Å²) >= 11 is 10.2. The molecule has 0 aliphatic carbocycles. The van der Waals surface area contributed by atoms with Gasteiger partial charge in [-0.15, -0.1) is 21.5 Å². The second kappa shape index (κ2) is 11.1. The first-order valence-electron chi connectivity index (χ1n) is 12.5. The van der Waals surface area contributed by atoms with E-state index < -0.39 is 23.5 Å². The molecule has 1 unspecified atom stereocenters. The molecule has 0 fully saturated rings. The van der Waals surface area contributed by atoms with Gasteiger partial charge in [0.15, 0.2) is 10.1 Å². The van der Waals surface area contributed by atoms with Gasteiger partial charge in [-0.3, -0.25) is 14.5 Å². The predicted molar refractivity (Wildman–Crippen MR) is 162 cm³/mol. The van der Waals surface area contributed by atoms with Crippen molar-refractivity contribution in [3.63, 3.8) is 0 Å². The molecule has 7 nitrogen and oxygen atoms in total. The zero-order valence-corrected chi connectivity index (χ0v) is 25.8. The Morgan fingerprint density at radius 2 is 1.77 bits per heavy atom. The van der Waals surface area contributed by atoms with Crippen LogP contribution < -0.4 is 4.90 Å². The van der Waals surface area contributed by atoms with Crippen molar-refractivity contribution in [1.29, 1.82) is 0 Å². The molecule has 4 aromatic rings. The van der Waals surface area contributed by atoms with Crippen LogP contribution in [0, 0.1) is 13.8 Å². The maximum absolute atomic E-state index is 13.8. The largest absolute Gasteiger partial charge is 0.503 e. The first-order chi connectivity index (χ1) is 19.0. The lowest BCUT2D eigenvalue weighted by Gasteiger charge is -2.25. The molecular weight excluding hydrogens is 584 g/mol. The minimum Gasteiger partial charge on any atom is -0.503 e. The average Bonchev–Trinajstić information content (AvgIpc) is 3.58. The summed E-state index contributed by atoms with van der Waals surface area (Å²) in [5.41, 5.74) is 3.26. The number of thioether (sulfide) groups is 1. The lowest BCUT2D eigenvalue weighted by Crippen LogP contribution is -2.31. The fourth-order valence-corrected chi connectivity index (χ4v) is 7.52. The average molecular weight is 611 g/mol. The van der Waals surface area contributed by atoms with Crippen molar-refractivity contribution in [3.8, 4) is 0 Å². The van der Waals surface area contributed by atoms with Gasteiger partial charge in [-0.2, -0.15) is 0 Å². The lowest BCUT2D eigenvalue weighted by molar-refractivity contribution is -0.117. The highest BCUT2D eigenvalue weighted by molar-refractivity contribution is 8.00. The predicted octanol–water partition coefficient (Wildman–Crippen LogP) is 7.64. The molecule has 0 saturated carbocycles. The molecule has 0 spiro atoms. The number of rotatable bonds is 7. The minimum absolute atomic E-state index is 0.0146. The molecule has 0 radical (unpaired) electrons. The number of halogens is 1. The molecule has 206 valence electrons. The van der Waals surface area contributed by atoms with E-state index in [-0.39, 0.29) is 11.0 Å². The summed E-state index contributed by atoms with van der Waals surface area (Å²) in [4.78, 5) is 33.5. The number of amides is 1. The highest BCUT2D eigenvalue weighted by Gasteiger charge is 2.46. The van der Waals surface area contributed by atoms with Crippen LogP contribution in [0.25, 0.3) is 0 Å². The first kappa shape index (κ1) is 28.5. The Bertz CT molecular complexity index is 1640. The van der Waals surface area contributed by atoms with Gasteiger partial charge in [0, 0.05) is 10.8 Å². The molecule has 40 heavy (non-hydrogen) atoms. The maximum atomic E-state index is 13.8. The third-order valence-electron chi connectivity index (χ3n) is 6.57. The number of benzene rings is 2. The standard InChI is InChI=1S/C29H27ClN4O3S3/c1-15-25(39-16(2)31-15)23(35)21-22(17-10-12-19(13-11-17)29(3,4)5)34(26(37)24(21)36)27-32-33-28(40-27)38-14-18-8-6-7-9-20(18)30/h6-13,22,36H,14H2,1-5H3. The van der Waals surface area contributed by atoms with Crippen molar-refractivity contribution in [1.82, 2.24) is 15.2 Å². The number of ketones is 1. The van der Waals surface area contributed by atoms with Crippen molar-refractivity contribution in [2.24, 2.45) is 0 Å². The van der Waals surface area contributed by atoms with Gasteiger partial charge in [-0.1, -0.05) is 97.9 Å². The molecule has 1 aliphatic rings. The molecule has 1 N–H and O–H groups in total. The number of aromatic nitrogens is 3. The van der Waals surface area contributed by atoms with Gasteiger partial charge in [0.25, 0.3) is 5.91 Å². The Hall–Kier alpha value is -3.05. The number of carbonyl (C=O) groups excluding carboxylic acids is 2. The molecule has 0 saturated heterocycles. The third-order valence-corrected chi connectivity index (χ3v) is 10.1. The summed E-state index contributed by atoms with van der Waals surface area (Å²) in [5, 5.41) is 21.4. The summed E-state index contributed by atoms with van der Waals surface area (Å²) in [6, 6.07) is 14.5. The molecule has 1 atom stereocenters. The summed E-state index contributed by atoms with van der Waals surface area (Å²) in [5.74, 6) is -1.11. The number of thiazole rings is 1. The maximum Gasteiger partial charge on any atom is 0.296 e. The van der Waals surface area contributed by atoms with Crippen molar-refractivity contribution < 1.29 is 14.7 Å². The number of Topliss-reactive ketones (excluding diaryl/α,β-unsaturated/α-hetero) is 1. The van der Waals surface area contributed by atoms with Gasteiger partial charge in [0.05, 0.1) is 27.2 Å². The van der Waals surface area contributed by atoms with Crippen LogP contribution in [0.1, 0.15) is 63.9 Å². The van der Waals surface area contributed by atoms with E-state index in [0.29, 0.717) is 36.4 Å². The third kappa shape index (κ3) is 5.45. The zero-order valence-electron chi connectivity index (χ0n) is 22.6. The number of aryl methyl sites for hydroxylation is 2. The minimum atomic E-state index is -0.870. The normalized spacial score (nSPS) is 15.8. The van der Waals surface area contributed by atoms with Crippen molar-refractivity contribution in [3.05, 3.63) is 97.2 Å². The van der Waals surface area contributed by atoms with Crippen molar-refractivity contribution in [2.45, 2.75) is 56.2 Å². The number of nitrogens with zero attached hydrogens (tertiary/aromatic N) is 4. The monoisotopic (exact) mass is 610 g/mol. The van der Waals surface area contributed by atoms with E-state index in [4.69, 9.17) is 11.6 Å². The molecule has 2 aromatic heterocycles. The number of anilines is 1. The molecule has 0 bridgehead atoms. The van der Waals surface area contributed by atoms with Crippen LogP contribution in [-0.2, 0) is 16.0 Å². The first-order valence-corrected chi connectivity index (χ1v) is 15.5. The van der Waals surface area contributed by atoms with Crippen LogP contribution in [0.5, 0.6) is 0 Å².